The summed E-state index contributed by atoms with van der Waals surface area (Å²) in [7, 11) is 4.11. The predicted octanol–water partition coefficient (Wildman–Crippen LogP) is 3.52. The molecule has 0 amide bonds. The molecule has 4 rings (SSSR count). The molecule has 2 aromatic heterocycles. The molecular formula is C20H26N4. The van der Waals surface area contributed by atoms with Crippen molar-refractivity contribution in [2.24, 2.45) is 0 Å². The van der Waals surface area contributed by atoms with E-state index in [2.05, 4.69) is 59.0 Å². The maximum atomic E-state index is 4.35. The third kappa shape index (κ3) is 3.71. The summed E-state index contributed by atoms with van der Waals surface area (Å²) in [5, 5.41) is 8.96. The van der Waals surface area contributed by atoms with Gasteiger partial charge >= 0.3 is 0 Å². The Kier molecular flexibility index (Phi) is 5.72. The molecule has 2 atom stereocenters. The van der Waals surface area contributed by atoms with Gasteiger partial charge in [0.05, 0.1) is 11.0 Å². The van der Waals surface area contributed by atoms with Crippen molar-refractivity contribution in [2.45, 2.75) is 37.8 Å². The van der Waals surface area contributed by atoms with Gasteiger partial charge in [0.2, 0.25) is 0 Å². The molecule has 2 unspecified atom stereocenters. The van der Waals surface area contributed by atoms with Crippen molar-refractivity contribution in [2.75, 3.05) is 14.1 Å². The first-order valence-corrected chi connectivity index (χ1v) is 8.76. The number of hydrogen-bond donors (Lipinski definition) is 2. The van der Waals surface area contributed by atoms with Crippen LogP contribution >= 0.6 is 0 Å². The first-order chi connectivity index (χ1) is 11.8. The number of hydrogen-bond acceptors (Lipinski definition) is 4. The van der Waals surface area contributed by atoms with Crippen LogP contribution in [0.4, 0.5) is 0 Å². The van der Waals surface area contributed by atoms with Gasteiger partial charge in [-0.25, -0.2) is 0 Å². The molecule has 0 spiro atoms. The zero-order valence-corrected chi connectivity index (χ0v) is 14.5. The summed E-state index contributed by atoms with van der Waals surface area (Å²) < 4.78 is 0. The quantitative estimate of drug-likeness (QED) is 0.709. The summed E-state index contributed by atoms with van der Waals surface area (Å²) in [6.45, 7) is 0. The van der Waals surface area contributed by atoms with Gasteiger partial charge in [-0.05, 0) is 39.1 Å². The Morgan fingerprint density at radius 1 is 0.750 bits per heavy atom. The molecule has 1 aliphatic rings. The molecule has 2 N–H and O–H groups in total. The lowest BCUT2D eigenvalue weighted by Crippen LogP contribution is -2.47. The van der Waals surface area contributed by atoms with E-state index in [0.717, 1.165) is 21.8 Å². The monoisotopic (exact) mass is 322 g/mol. The van der Waals surface area contributed by atoms with E-state index >= 15 is 0 Å². The minimum Gasteiger partial charge on any atom is -0.315 e. The van der Waals surface area contributed by atoms with Crippen LogP contribution < -0.4 is 10.6 Å². The number of benzene rings is 1. The molecule has 0 saturated heterocycles. The standard InChI is InChI=1S/C12H8N2.C8H18N2/c1-3-9-5-6-10-4-2-8-14-12(10)11(9)13-7-1;1-9-7-5-3-4-6-8(7)10-2/h1-8H;7-10H,3-6H2,1-2H3. The van der Waals surface area contributed by atoms with Crippen LogP contribution in [0, 0.1) is 0 Å². The normalized spacial score (nSPS) is 20.6. The minimum atomic E-state index is 0.707. The van der Waals surface area contributed by atoms with Crippen molar-refractivity contribution in [3.63, 3.8) is 0 Å². The molecule has 0 radical (unpaired) electrons. The Labute approximate surface area is 143 Å². The minimum absolute atomic E-state index is 0.707. The highest BCUT2D eigenvalue weighted by molar-refractivity contribution is 6.02. The van der Waals surface area contributed by atoms with Crippen molar-refractivity contribution in [3.05, 3.63) is 48.8 Å². The van der Waals surface area contributed by atoms with Gasteiger partial charge in [-0.2, -0.15) is 0 Å². The Hall–Kier alpha value is -2.04. The Morgan fingerprint density at radius 2 is 1.21 bits per heavy atom. The molecule has 1 saturated carbocycles. The second-order valence-electron chi connectivity index (χ2n) is 6.29. The largest absolute Gasteiger partial charge is 0.315 e. The summed E-state index contributed by atoms with van der Waals surface area (Å²) in [6, 6.07) is 13.6. The summed E-state index contributed by atoms with van der Waals surface area (Å²) in [5.74, 6) is 0. The van der Waals surface area contributed by atoms with Crippen LogP contribution in [0.2, 0.25) is 0 Å². The maximum absolute atomic E-state index is 4.35. The van der Waals surface area contributed by atoms with E-state index in [4.69, 9.17) is 0 Å². The highest BCUT2D eigenvalue weighted by atomic mass is 15.0. The lowest BCUT2D eigenvalue weighted by Gasteiger charge is -2.30. The van der Waals surface area contributed by atoms with Crippen molar-refractivity contribution < 1.29 is 0 Å². The van der Waals surface area contributed by atoms with Crippen LogP contribution in [-0.4, -0.2) is 36.1 Å². The van der Waals surface area contributed by atoms with Gasteiger partial charge in [0.1, 0.15) is 0 Å². The first kappa shape index (κ1) is 16.8. The lowest BCUT2D eigenvalue weighted by molar-refractivity contribution is 0.309. The van der Waals surface area contributed by atoms with Gasteiger partial charge in [-0.15, -0.1) is 0 Å². The van der Waals surface area contributed by atoms with Gasteiger partial charge in [0, 0.05) is 35.2 Å². The van der Waals surface area contributed by atoms with Crippen LogP contribution in [0.25, 0.3) is 21.8 Å². The summed E-state index contributed by atoms with van der Waals surface area (Å²) >= 11 is 0. The van der Waals surface area contributed by atoms with E-state index in [1.165, 1.54) is 25.7 Å². The third-order valence-electron chi connectivity index (χ3n) is 4.85. The topological polar surface area (TPSA) is 49.8 Å². The fourth-order valence-electron chi connectivity index (χ4n) is 3.50. The average Bonchev–Trinajstić information content (AvgIpc) is 2.68. The lowest BCUT2D eigenvalue weighted by atomic mass is 9.91. The van der Waals surface area contributed by atoms with Crippen LogP contribution in [-0.2, 0) is 0 Å². The molecular weight excluding hydrogens is 296 g/mol. The number of aromatic nitrogens is 2. The van der Waals surface area contributed by atoms with E-state index in [9.17, 15) is 0 Å². The molecule has 1 aromatic carbocycles. The summed E-state index contributed by atoms with van der Waals surface area (Å²) in [4.78, 5) is 8.69. The van der Waals surface area contributed by atoms with Gasteiger partial charge < -0.3 is 10.6 Å². The highest BCUT2D eigenvalue weighted by Gasteiger charge is 2.21. The fraction of sp³-hybridized carbons (Fsp3) is 0.400. The van der Waals surface area contributed by atoms with E-state index < -0.39 is 0 Å². The molecule has 24 heavy (non-hydrogen) atoms. The fourth-order valence-corrected chi connectivity index (χ4v) is 3.50. The van der Waals surface area contributed by atoms with Crippen molar-refractivity contribution in [1.29, 1.82) is 0 Å². The van der Waals surface area contributed by atoms with Crippen LogP contribution in [0.3, 0.4) is 0 Å². The maximum Gasteiger partial charge on any atom is 0.0964 e. The molecule has 0 bridgehead atoms. The van der Waals surface area contributed by atoms with Crippen molar-refractivity contribution in [3.8, 4) is 0 Å². The van der Waals surface area contributed by atoms with Crippen LogP contribution in [0.15, 0.2) is 48.8 Å². The number of rotatable bonds is 2. The smallest absolute Gasteiger partial charge is 0.0964 e. The Morgan fingerprint density at radius 3 is 1.62 bits per heavy atom. The van der Waals surface area contributed by atoms with E-state index in [-0.39, 0.29) is 0 Å². The van der Waals surface area contributed by atoms with Crippen LogP contribution in [0.1, 0.15) is 25.7 Å². The third-order valence-corrected chi connectivity index (χ3v) is 4.85. The Bertz CT molecular complexity index is 720. The van der Waals surface area contributed by atoms with E-state index in [0.29, 0.717) is 12.1 Å². The molecule has 4 nitrogen and oxygen atoms in total. The van der Waals surface area contributed by atoms with E-state index in [1.54, 1.807) is 12.4 Å². The molecule has 1 fully saturated rings. The van der Waals surface area contributed by atoms with Gasteiger partial charge in [0.15, 0.2) is 0 Å². The molecule has 1 aliphatic carbocycles. The second kappa shape index (κ2) is 8.18. The zero-order chi connectivity index (χ0) is 16.8. The first-order valence-electron chi connectivity index (χ1n) is 8.76. The summed E-state index contributed by atoms with van der Waals surface area (Å²) in [5.41, 5.74) is 1.95. The van der Waals surface area contributed by atoms with Gasteiger partial charge in [0.25, 0.3) is 0 Å². The van der Waals surface area contributed by atoms with Crippen molar-refractivity contribution in [1.82, 2.24) is 20.6 Å². The molecule has 126 valence electrons. The SMILES string of the molecule is CNC1CCCCC1NC.c1cnc2c(c1)ccc1cccnc12. The van der Waals surface area contributed by atoms with E-state index in [1.807, 2.05) is 12.1 Å². The highest BCUT2D eigenvalue weighted by Crippen LogP contribution is 2.20. The number of nitrogens with one attached hydrogen (secondary N) is 2. The predicted molar refractivity (Wildman–Crippen MR) is 101 cm³/mol. The molecule has 4 heteroatoms. The molecule has 2 heterocycles. The number of pyridine rings is 2. The number of fused-ring (bicyclic) bond motifs is 3. The number of nitrogens with zero attached hydrogens (tertiary/aromatic N) is 2. The zero-order valence-electron chi connectivity index (χ0n) is 14.5. The Balaban J connectivity index is 0.000000150. The van der Waals surface area contributed by atoms with Crippen molar-refractivity contribution >= 4 is 21.8 Å². The molecule has 0 aliphatic heterocycles. The average molecular weight is 322 g/mol. The van der Waals surface area contributed by atoms with Gasteiger partial charge in [-0.3, -0.25) is 9.97 Å². The molecule has 3 aromatic rings. The number of likely N-dealkylation sites (N-methyl/N-ethyl adjacent to an activating group) is 2. The summed E-state index contributed by atoms with van der Waals surface area (Å²) in [6.07, 6.45) is 9.06. The van der Waals surface area contributed by atoms with Gasteiger partial charge in [-0.1, -0.05) is 37.1 Å². The second-order valence-corrected chi connectivity index (χ2v) is 6.29. The van der Waals surface area contributed by atoms with Crippen LogP contribution in [0.5, 0.6) is 0 Å².